The Hall–Kier alpha value is -2.43. The summed E-state index contributed by atoms with van der Waals surface area (Å²) in [7, 11) is 0. The van der Waals surface area contributed by atoms with Gasteiger partial charge in [-0.25, -0.2) is 23.5 Å². The molecule has 1 aliphatic rings. The Bertz CT molecular complexity index is 889. The lowest BCUT2D eigenvalue weighted by atomic mass is 10.1. The summed E-state index contributed by atoms with van der Waals surface area (Å²) < 4.78 is 32.4. The number of aryl methyl sites for hydroxylation is 1. The molecule has 2 aromatic heterocycles. The number of amides is 1. The first-order chi connectivity index (χ1) is 14.0. The molecule has 1 saturated heterocycles. The number of piperidine rings is 1. The van der Waals surface area contributed by atoms with Crippen molar-refractivity contribution in [3.8, 4) is 0 Å². The third-order valence-electron chi connectivity index (χ3n) is 4.28. The maximum absolute atomic E-state index is 13.6. The summed E-state index contributed by atoms with van der Waals surface area (Å²) in [5.74, 6) is -1.16. The summed E-state index contributed by atoms with van der Waals surface area (Å²) in [6.07, 6.45) is -1.03. The predicted molar refractivity (Wildman–Crippen MR) is 111 cm³/mol. The monoisotopic (exact) mass is 440 g/mol. The Morgan fingerprint density at radius 3 is 2.60 bits per heavy atom. The van der Waals surface area contributed by atoms with Gasteiger partial charge in [-0.15, -0.1) is 5.10 Å². The van der Waals surface area contributed by atoms with Gasteiger partial charge in [0.05, 0.1) is 5.69 Å². The van der Waals surface area contributed by atoms with Crippen LogP contribution in [0.2, 0.25) is 0 Å². The lowest BCUT2D eigenvalue weighted by Gasteiger charge is -2.33. The second kappa shape index (κ2) is 8.75. The molecular weight excluding hydrogens is 414 g/mol. The van der Waals surface area contributed by atoms with E-state index in [0.717, 1.165) is 5.69 Å². The zero-order valence-corrected chi connectivity index (χ0v) is 18.3. The van der Waals surface area contributed by atoms with E-state index >= 15 is 0 Å². The normalized spacial score (nSPS) is 16.4. The van der Waals surface area contributed by atoms with Crippen molar-refractivity contribution in [2.75, 3.05) is 23.3 Å². The number of hydrogen-bond donors (Lipinski definition) is 2. The zero-order chi connectivity index (χ0) is 21.9. The molecule has 30 heavy (non-hydrogen) atoms. The molecule has 0 radical (unpaired) electrons. The van der Waals surface area contributed by atoms with E-state index in [0.29, 0.717) is 28.2 Å². The van der Waals surface area contributed by atoms with Crippen LogP contribution in [0.15, 0.2) is 17.3 Å². The van der Waals surface area contributed by atoms with Crippen molar-refractivity contribution in [2.24, 2.45) is 0 Å². The molecule has 0 atom stereocenters. The highest BCUT2D eigenvalue weighted by molar-refractivity contribution is 7.98. The average molecular weight is 441 g/mol. The molecule has 1 fully saturated rings. The fourth-order valence-corrected chi connectivity index (χ4v) is 3.65. The number of alkyl halides is 2. The average Bonchev–Trinajstić information content (AvgIpc) is 3.03. The predicted octanol–water partition coefficient (Wildman–Crippen LogP) is 4.38. The smallest absolute Gasteiger partial charge is 0.413 e. The van der Waals surface area contributed by atoms with Gasteiger partial charge in [0.25, 0.3) is 5.92 Å². The third-order valence-corrected chi connectivity index (χ3v) is 5.16. The number of pyridine rings is 1. The van der Waals surface area contributed by atoms with Gasteiger partial charge < -0.3 is 9.64 Å². The summed E-state index contributed by atoms with van der Waals surface area (Å²) >= 11 is 1.39. The lowest BCUT2D eigenvalue weighted by Crippen LogP contribution is -2.39. The van der Waals surface area contributed by atoms with Crippen molar-refractivity contribution >= 4 is 29.4 Å². The molecule has 2 aromatic rings. The van der Waals surface area contributed by atoms with E-state index in [1.54, 1.807) is 26.8 Å². The van der Waals surface area contributed by atoms with Crippen LogP contribution in [0.25, 0.3) is 0 Å². The van der Waals surface area contributed by atoms with Crippen molar-refractivity contribution in [3.05, 3.63) is 23.7 Å². The van der Waals surface area contributed by atoms with Crippen molar-refractivity contribution in [3.63, 3.8) is 0 Å². The number of nitrogens with zero attached hydrogens (tertiary/aromatic N) is 4. The van der Waals surface area contributed by atoms with E-state index in [1.807, 2.05) is 17.9 Å². The van der Waals surface area contributed by atoms with Gasteiger partial charge in [-0.2, -0.15) is 0 Å². The number of carbonyl (C=O) groups excluding carboxylic acids is 1. The molecule has 0 aromatic carbocycles. The van der Waals surface area contributed by atoms with Gasteiger partial charge in [0.2, 0.25) is 5.16 Å². The van der Waals surface area contributed by atoms with Crippen LogP contribution in [-0.4, -0.2) is 50.9 Å². The van der Waals surface area contributed by atoms with E-state index in [4.69, 9.17) is 4.74 Å². The minimum Gasteiger partial charge on any atom is -0.444 e. The first-order valence-corrected chi connectivity index (χ1v) is 10.6. The summed E-state index contributed by atoms with van der Waals surface area (Å²) in [6.45, 7) is 7.58. The van der Waals surface area contributed by atoms with Gasteiger partial charge in [0, 0.05) is 43.4 Å². The topological polar surface area (TPSA) is 96.0 Å². The number of aromatic amines is 1. The first kappa shape index (κ1) is 22.3. The number of ether oxygens (including phenoxy) is 1. The van der Waals surface area contributed by atoms with Gasteiger partial charge in [-0.1, -0.05) is 11.8 Å². The van der Waals surface area contributed by atoms with Gasteiger partial charge in [-0.05, 0) is 33.8 Å². The number of rotatable bonds is 5. The van der Waals surface area contributed by atoms with Crippen LogP contribution in [0.5, 0.6) is 0 Å². The van der Waals surface area contributed by atoms with Crippen LogP contribution in [0.3, 0.4) is 0 Å². The zero-order valence-electron chi connectivity index (χ0n) is 17.5. The van der Waals surface area contributed by atoms with Crippen LogP contribution in [0.4, 0.5) is 25.1 Å². The molecule has 164 valence electrons. The van der Waals surface area contributed by atoms with E-state index in [2.05, 4.69) is 25.5 Å². The highest BCUT2D eigenvalue weighted by Gasteiger charge is 2.34. The molecule has 11 heteroatoms. The Morgan fingerprint density at radius 1 is 1.30 bits per heavy atom. The second-order valence-electron chi connectivity index (χ2n) is 8.16. The fourth-order valence-electron chi connectivity index (χ4n) is 2.92. The molecule has 1 aliphatic heterocycles. The van der Waals surface area contributed by atoms with Crippen LogP contribution >= 0.6 is 11.8 Å². The molecule has 0 spiro atoms. The third kappa shape index (κ3) is 6.54. The van der Waals surface area contributed by atoms with Crippen LogP contribution in [0, 0.1) is 6.92 Å². The Kier molecular flexibility index (Phi) is 6.49. The van der Waals surface area contributed by atoms with E-state index in [9.17, 15) is 13.6 Å². The van der Waals surface area contributed by atoms with E-state index in [-0.39, 0.29) is 25.9 Å². The number of halogens is 2. The summed E-state index contributed by atoms with van der Waals surface area (Å²) in [4.78, 5) is 22.8. The summed E-state index contributed by atoms with van der Waals surface area (Å²) in [5.41, 5.74) is 0.749. The number of carbonyl (C=O) groups is 1. The first-order valence-electron chi connectivity index (χ1n) is 9.65. The quantitative estimate of drug-likeness (QED) is 0.666. The Labute approximate surface area is 178 Å². The molecular formula is C19H26F2N6O2S. The van der Waals surface area contributed by atoms with Gasteiger partial charge >= 0.3 is 6.09 Å². The number of aromatic nitrogens is 4. The van der Waals surface area contributed by atoms with E-state index in [1.165, 1.54) is 11.8 Å². The number of thioether (sulfide) groups is 1. The molecule has 0 aliphatic carbocycles. The number of nitrogens with one attached hydrogen (secondary N) is 2. The molecule has 3 heterocycles. The summed E-state index contributed by atoms with van der Waals surface area (Å²) in [5, 5.41) is 10.1. The van der Waals surface area contributed by atoms with Gasteiger partial charge in [0.1, 0.15) is 17.2 Å². The van der Waals surface area contributed by atoms with Crippen LogP contribution in [0.1, 0.15) is 45.1 Å². The molecule has 1 amide bonds. The molecule has 8 nitrogen and oxygen atoms in total. The Morgan fingerprint density at radius 2 is 2.00 bits per heavy atom. The second-order valence-corrected chi connectivity index (χ2v) is 9.11. The fraction of sp³-hybridized carbons (Fsp3) is 0.579. The Balaban J connectivity index is 1.78. The molecule has 0 bridgehead atoms. The van der Waals surface area contributed by atoms with Crippen LogP contribution < -0.4 is 10.2 Å². The minimum atomic E-state index is -2.64. The molecule has 2 N–H and O–H groups in total. The van der Waals surface area contributed by atoms with Gasteiger partial charge in [-0.3, -0.25) is 10.4 Å². The van der Waals surface area contributed by atoms with Crippen molar-refractivity contribution in [2.45, 2.75) is 63.0 Å². The van der Waals surface area contributed by atoms with Crippen molar-refractivity contribution in [1.82, 2.24) is 20.2 Å². The molecule has 0 unspecified atom stereocenters. The van der Waals surface area contributed by atoms with Crippen molar-refractivity contribution in [1.29, 1.82) is 0 Å². The maximum atomic E-state index is 13.6. The lowest BCUT2D eigenvalue weighted by molar-refractivity contribution is -0.0220. The number of H-pyrrole nitrogens is 1. The van der Waals surface area contributed by atoms with Crippen LogP contribution in [-0.2, 0) is 10.5 Å². The molecule has 3 rings (SSSR count). The maximum Gasteiger partial charge on any atom is 0.413 e. The number of hydrogen-bond acceptors (Lipinski definition) is 7. The SMILES string of the molecule is Cc1nc(SCc2cc(N3CCC(F)(F)CC3)cc(NC(=O)OC(C)(C)C)n2)n[nH]1. The largest absolute Gasteiger partial charge is 0.444 e. The molecule has 0 saturated carbocycles. The van der Waals surface area contributed by atoms with Crippen molar-refractivity contribution < 1.29 is 18.3 Å². The minimum absolute atomic E-state index is 0.204. The summed E-state index contributed by atoms with van der Waals surface area (Å²) in [6, 6.07) is 3.52. The van der Waals surface area contributed by atoms with E-state index < -0.39 is 17.6 Å². The van der Waals surface area contributed by atoms with Gasteiger partial charge in [0.15, 0.2) is 0 Å². The standard InChI is InChI=1S/C19H26F2N6O2S/c1-12-22-16(26-25-12)30-11-13-9-14(27-7-5-19(20,21)6-8-27)10-15(23-13)24-17(28)29-18(2,3)4/h9-10H,5-8,11H2,1-4H3,(H,22,25,26)(H,23,24,28). The number of anilines is 2. The highest BCUT2D eigenvalue weighted by atomic mass is 32.2. The highest BCUT2D eigenvalue weighted by Crippen LogP contribution is 2.32.